The summed E-state index contributed by atoms with van der Waals surface area (Å²) >= 11 is 0. The van der Waals surface area contributed by atoms with E-state index in [1.807, 2.05) is 18.2 Å². The number of hydrogen-bond acceptors (Lipinski definition) is 3. The molecule has 0 atom stereocenters. The number of hydrogen-bond donors (Lipinski definition) is 2. The van der Waals surface area contributed by atoms with Crippen LogP contribution in [0.25, 0.3) is 5.65 Å². The average Bonchev–Trinajstić information content (AvgIpc) is 2.82. The number of benzene rings is 1. The van der Waals surface area contributed by atoms with Gasteiger partial charge >= 0.3 is 0 Å². The van der Waals surface area contributed by atoms with Gasteiger partial charge in [0.05, 0.1) is 16.9 Å². The van der Waals surface area contributed by atoms with Gasteiger partial charge in [0.2, 0.25) is 5.91 Å². The highest BCUT2D eigenvalue weighted by atomic mass is 16.1. The van der Waals surface area contributed by atoms with Gasteiger partial charge in [0.25, 0.3) is 0 Å². The second kappa shape index (κ2) is 6.00. The van der Waals surface area contributed by atoms with Gasteiger partial charge in [-0.1, -0.05) is 18.2 Å². The Morgan fingerprint density at radius 1 is 1.21 bits per heavy atom. The summed E-state index contributed by atoms with van der Waals surface area (Å²) in [6, 6.07) is 8.03. The molecule has 0 saturated heterocycles. The van der Waals surface area contributed by atoms with Crippen LogP contribution < -0.4 is 11.1 Å². The van der Waals surface area contributed by atoms with Crippen LogP contribution in [0.5, 0.6) is 0 Å². The van der Waals surface area contributed by atoms with E-state index in [-0.39, 0.29) is 0 Å². The van der Waals surface area contributed by atoms with Crippen LogP contribution in [0.15, 0.2) is 30.5 Å². The maximum Gasteiger partial charge on any atom is 0.250 e. The maximum atomic E-state index is 11.7. The van der Waals surface area contributed by atoms with Gasteiger partial charge in [-0.2, -0.15) is 0 Å². The zero-order chi connectivity index (χ0) is 17.4. The Bertz CT molecular complexity index is 920. The predicted molar refractivity (Wildman–Crippen MR) is 96.4 cm³/mol. The fourth-order valence-corrected chi connectivity index (χ4v) is 2.95. The number of anilines is 1. The molecule has 5 nitrogen and oxygen atoms in total. The van der Waals surface area contributed by atoms with Crippen molar-refractivity contribution >= 4 is 17.2 Å². The van der Waals surface area contributed by atoms with Crippen LogP contribution in [-0.4, -0.2) is 15.3 Å². The van der Waals surface area contributed by atoms with E-state index >= 15 is 0 Å². The van der Waals surface area contributed by atoms with Crippen LogP contribution in [0.3, 0.4) is 0 Å². The first kappa shape index (κ1) is 16.1. The summed E-state index contributed by atoms with van der Waals surface area (Å²) in [4.78, 5) is 16.3. The number of fused-ring (bicyclic) bond motifs is 1. The Kier molecular flexibility index (Phi) is 4.01. The number of nitrogens with two attached hydrogens (primary N) is 1. The molecule has 3 N–H and O–H groups in total. The van der Waals surface area contributed by atoms with Crippen molar-refractivity contribution in [2.24, 2.45) is 5.73 Å². The molecule has 0 aliphatic carbocycles. The minimum Gasteiger partial charge on any atom is -0.378 e. The van der Waals surface area contributed by atoms with E-state index in [4.69, 9.17) is 5.73 Å². The number of nitrogens with zero attached hydrogens (tertiary/aromatic N) is 2. The van der Waals surface area contributed by atoms with E-state index in [9.17, 15) is 4.79 Å². The van der Waals surface area contributed by atoms with Gasteiger partial charge < -0.3 is 15.5 Å². The molecule has 124 valence electrons. The van der Waals surface area contributed by atoms with Crippen molar-refractivity contribution in [1.82, 2.24) is 9.38 Å². The number of amides is 1. The van der Waals surface area contributed by atoms with Crippen molar-refractivity contribution in [2.45, 2.75) is 34.2 Å². The van der Waals surface area contributed by atoms with E-state index in [0.717, 1.165) is 22.7 Å². The third-order valence-corrected chi connectivity index (χ3v) is 4.58. The second-order valence-electron chi connectivity index (χ2n) is 6.21. The topological polar surface area (TPSA) is 72.4 Å². The van der Waals surface area contributed by atoms with E-state index in [1.54, 1.807) is 12.3 Å². The van der Waals surface area contributed by atoms with Crippen molar-refractivity contribution in [2.75, 3.05) is 5.32 Å². The van der Waals surface area contributed by atoms with Gasteiger partial charge in [-0.05, 0) is 50.5 Å². The molecule has 1 aromatic carbocycles. The zero-order valence-corrected chi connectivity index (χ0v) is 14.5. The Labute approximate surface area is 141 Å². The summed E-state index contributed by atoms with van der Waals surface area (Å²) in [7, 11) is 0. The fraction of sp³-hybridized carbons (Fsp3) is 0.263. The van der Waals surface area contributed by atoms with E-state index in [2.05, 4.69) is 42.3 Å². The molecule has 24 heavy (non-hydrogen) atoms. The number of carbonyl (C=O) groups excluding carboxylic acids is 1. The summed E-state index contributed by atoms with van der Waals surface area (Å²) in [5, 5.41) is 3.43. The van der Waals surface area contributed by atoms with Crippen molar-refractivity contribution in [3.05, 3.63) is 64.1 Å². The van der Waals surface area contributed by atoms with Crippen LogP contribution in [0.4, 0.5) is 5.69 Å². The van der Waals surface area contributed by atoms with Gasteiger partial charge in [0.15, 0.2) is 5.65 Å². The number of primary amides is 1. The van der Waals surface area contributed by atoms with E-state index in [1.165, 1.54) is 16.7 Å². The third-order valence-electron chi connectivity index (χ3n) is 4.58. The van der Waals surface area contributed by atoms with Crippen LogP contribution >= 0.6 is 0 Å². The first-order valence-corrected chi connectivity index (χ1v) is 7.96. The van der Waals surface area contributed by atoms with Crippen molar-refractivity contribution < 1.29 is 4.79 Å². The minimum atomic E-state index is -0.447. The van der Waals surface area contributed by atoms with Crippen LogP contribution in [0, 0.1) is 27.7 Å². The van der Waals surface area contributed by atoms with Gasteiger partial charge in [-0.3, -0.25) is 4.79 Å². The Morgan fingerprint density at radius 2 is 1.88 bits per heavy atom. The number of carbonyl (C=O) groups is 1. The summed E-state index contributed by atoms with van der Waals surface area (Å²) in [5.74, 6) is -0.447. The molecule has 2 aromatic heterocycles. The Balaban J connectivity index is 2.05. The number of imidazole rings is 1. The molecular formula is C19H22N4O. The molecule has 0 spiro atoms. The van der Waals surface area contributed by atoms with Crippen LogP contribution in [0.1, 0.15) is 38.4 Å². The molecule has 3 aromatic rings. The van der Waals surface area contributed by atoms with Gasteiger partial charge in [0, 0.05) is 18.4 Å². The SMILES string of the molecule is Cc1cccc(C)c1CNc1cc(C(N)=O)cn2c(C)c(C)nc12. The van der Waals surface area contributed by atoms with Crippen molar-refractivity contribution in [3.8, 4) is 0 Å². The van der Waals surface area contributed by atoms with Gasteiger partial charge in [-0.25, -0.2) is 4.98 Å². The normalized spacial score (nSPS) is 11.0. The van der Waals surface area contributed by atoms with E-state index < -0.39 is 5.91 Å². The third kappa shape index (κ3) is 2.73. The second-order valence-corrected chi connectivity index (χ2v) is 6.21. The molecule has 0 unspecified atom stereocenters. The molecule has 0 aliphatic heterocycles. The zero-order valence-electron chi connectivity index (χ0n) is 14.5. The molecule has 0 aliphatic rings. The number of aromatic nitrogens is 2. The summed E-state index contributed by atoms with van der Waals surface area (Å²) < 4.78 is 1.92. The number of pyridine rings is 1. The smallest absolute Gasteiger partial charge is 0.250 e. The molecule has 0 bridgehead atoms. The maximum absolute atomic E-state index is 11.7. The molecule has 0 radical (unpaired) electrons. The first-order valence-electron chi connectivity index (χ1n) is 7.96. The van der Waals surface area contributed by atoms with Crippen molar-refractivity contribution in [3.63, 3.8) is 0 Å². The fourth-order valence-electron chi connectivity index (χ4n) is 2.95. The largest absolute Gasteiger partial charge is 0.378 e. The Morgan fingerprint density at radius 3 is 2.50 bits per heavy atom. The first-order chi connectivity index (χ1) is 11.4. The highest BCUT2D eigenvalue weighted by molar-refractivity contribution is 5.94. The monoisotopic (exact) mass is 322 g/mol. The lowest BCUT2D eigenvalue weighted by Crippen LogP contribution is -2.13. The predicted octanol–water partition coefficient (Wildman–Crippen LogP) is 3.28. The molecular weight excluding hydrogens is 300 g/mol. The molecule has 3 rings (SSSR count). The number of nitrogens with one attached hydrogen (secondary N) is 1. The molecule has 0 saturated carbocycles. The number of aryl methyl sites for hydroxylation is 4. The summed E-state index contributed by atoms with van der Waals surface area (Å²) in [6.07, 6.45) is 1.75. The lowest BCUT2D eigenvalue weighted by atomic mass is 10.0. The molecule has 0 fully saturated rings. The highest BCUT2D eigenvalue weighted by Crippen LogP contribution is 2.23. The standard InChI is InChI=1S/C19H22N4O/c1-11-6-5-7-12(2)16(11)9-21-17-8-15(18(20)24)10-23-14(4)13(3)22-19(17)23/h5-8,10,21H,9H2,1-4H3,(H2,20,24). The van der Waals surface area contributed by atoms with Crippen LogP contribution in [0.2, 0.25) is 0 Å². The minimum absolute atomic E-state index is 0.447. The average molecular weight is 322 g/mol. The van der Waals surface area contributed by atoms with Gasteiger partial charge in [-0.15, -0.1) is 0 Å². The lowest BCUT2D eigenvalue weighted by Gasteiger charge is -2.13. The van der Waals surface area contributed by atoms with Crippen LogP contribution in [-0.2, 0) is 6.54 Å². The van der Waals surface area contributed by atoms with Gasteiger partial charge in [0.1, 0.15) is 0 Å². The summed E-state index contributed by atoms with van der Waals surface area (Å²) in [6.45, 7) is 8.81. The van der Waals surface area contributed by atoms with E-state index in [0.29, 0.717) is 12.1 Å². The molecule has 2 heterocycles. The highest BCUT2D eigenvalue weighted by Gasteiger charge is 2.13. The Hall–Kier alpha value is -2.82. The quantitative estimate of drug-likeness (QED) is 0.774. The lowest BCUT2D eigenvalue weighted by molar-refractivity contribution is 0.1000. The molecule has 1 amide bonds. The van der Waals surface area contributed by atoms with Crippen molar-refractivity contribution in [1.29, 1.82) is 0 Å². The number of rotatable bonds is 4. The molecule has 5 heteroatoms. The summed E-state index contributed by atoms with van der Waals surface area (Å²) in [5.41, 5.74) is 13.2.